The number of alkyl halides is 4. The van der Waals surface area contributed by atoms with Crippen LogP contribution in [0.15, 0.2) is 24.3 Å². The predicted molar refractivity (Wildman–Crippen MR) is 85.0 cm³/mol. The molecule has 4 unspecified atom stereocenters. The first-order valence-electron chi connectivity index (χ1n) is 7.88. The number of hydrogen-bond donors (Lipinski definition) is 0. The van der Waals surface area contributed by atoms with Crippen molar-refractivity contribution in [2.24, 2.45) is 5.92 Å². The van der Waals surface area contributed by atoms with Crippen LogP contribution in [0.5, 0.6) is 0 Å². The number of carbonyl (C=O) groups excluding carboxylic acids is 1. The zero-order valence-corrected chi connectivity index (χ0v) is 14.7. The van der Waals surface area contributed by atoms with Gasteiger partial charge in [-0.25, -0.2) is 0 Å². The van der Waals surface area contributed by atoms with Crippen molar-refractivity contribution in [1.29, 1.82) is 0 Å². The Bertz CT molecular complexity index is 558. The van der Waals surface area contributed by atoms with Gasteiger partial charge in [-0.15, -0.1) is 18.2 Å². The van der Waals surface area contributed by atoms with E-state index >= 15 is 0 Å². The number of ketones is 1. The molecule has 0 aromatic rings. The summed E-state index contributed by atoms with van der Waals surface area (Å²) in [6, 6.07) is 0. The molecule has 2 aliphatic heterocycles. The van der Waals surface area contributed by atoms with Gasteiger partial charge in [0.2, 0.25) is 0 Å². The Balaban J connectivity index is 2.43. The Hall–Kier alpha value is -0.850. The molecule has 136 valence electrons. The van der Waals surface area contributed by atoms with E-state index in [0.29, 0.717) is 12.8 Å². The third kappa shape index (κ3) is 2.93. The minimum Gasteiger partial charge on any atom is -0.358 e. The van der Waals surface area contributed by atoms with Crippen LogP contribution in [0.4, 0.5) is 13.2 Å². The Morgan fingerprint density at radius 2 is 2.12 bits per heavy atom. The molecule has 7 heteroatoms. The maximum atomic E-state index is 13.0. The van der Waals surface area contributed by atoms with Crippen LogP contribution < -0.4 is 0 Å². The maximum absolute atomic E-state index is 13.0. The molecular formula is C17H22ClF3O3. The van der Waals surface area contributed by atoms with Gasteiger partial charge in [0.1, 0.15) is 23.7 Å². The van der Waals surface area contributed by atoms with Gasteiger partial charge < -0.3 is 9.47 Å². The lowest BCUT2D eigenvalue weighted by Gasteiger charge is -2.49. The highest BCUT2D eigenvalue weighted by atomic mass is 35.5. The first-order chi connectivity index (χ1) is 11.0. The van der Waals surface area contributed by atoms with E-state index in [2.05, 4.69) is 6.58 Å². The molecule has 2 bridgehead atoms. The molecule has 0 spiro atoms. The molecule has 2 aliphatic rings. The second-order valence-corrected chi connectivity index (χ2v) is 7.12. The lowest BCUT2D eigenvalue weighted by atomic mass is 9.75. The Morgan fingerprint density at radius 1 is 1.50 bits per heavy atom. The molecule has 1 saturated heterocycles. The van der Waals surface area contributed by atoms with Gasteiger partial charge in [-0.1, -0.05) is 26.0 Å². The van der Waals surface area contributed by atoms with Crippen molar-refractivity contribution >= 4 is 17.4 Å². The summed E-state index contributed by atoms with van der Waals surface area (Å²) in [6.07, 6.45) is -1.03. The minimum absolute atomic E-state index is 0.447. The first-order valence-corrected chi connectivity index (χ1v) is 8.31. The number of hydrogen-bond acceptors (Lipinski definition) is 3. The first kappa shape index (κ1) is 19.5. The van der Waals surface area contributed by atoms with Crippen LogP contribution in [0.3, 0.4) is 0 Å². The summed E-state index contributed by atoms with van der Waals surface area (Å²) in [6.45, 7) is 7.19. The van der Waals surface area contributed by atoms with Crippen LogP contribution in [-0.4, -0.2) is 41.2 Å². The highest BCUT2D eigenvalue weighted by Gasteiger charge is 2.66. The quantitative estimate of drug-likeness (QED) is 0.522. The lowest BCUT2D eigenvalue weighted by molar-refractivity contribution is -0.247. The number of fused-ring (bicyclic) bond motifs is 2. The third-order valence-electron chi connectivity index (χ3n) is 4.91. The van der Waals surface area contributed by atoms with E-state index in [9.17, 15) is 18.0 Å². The number of carbonyl (C=O) groups is 1. The van der Waals surface area contributed by atoms with Crippen molar-refractivity contribution in [2.45, 2.75) is 62.5 Å². The van der Waals surface area contributed by atoms with E-state index in [1.807, 2.05) is 0 Å². The highest BCUT2D eigenvalue weighted by Crippen LogP contribution is 2.52. The summed E-state index contributed by atoms with van der Waals surface area (Å²) < 4.78 is 49.3. The smallest absolute Gasteiger partial charge is 0.358 e. The van der Waals surface area contributed by atoms with E-state index < -0.39 is 47.2 Å². The van der Waals surface area contributed by atoms with E-state index in [0.717, 1.165) is 5.57 Å². The second kappa shape index (κ2) is 6.46. The highest BCUT2D eigenvalue weighted by molar-refractivity contribution is 6.34. The molecule has 4 atom stereocenters. The third-order valence-corrected chi connectivity index (χ3v) is 5.46. The average molecular weight is 367 g/mol. The molecule has 0 saturated carbocycles. The minimum atomic E-state index is -4.54. The van der Waals surface area contributed by atoms with E-state index in [4.69, 9.17) is 21.1 Å². The van der Waals surface area contributed by atoms with Crippen molar-refractivity contribution in [3.63, 3.8) is 0 Å². The monoisotopic (exact) mass is 366 g/mol. The van der Waals surface area contributed by atoms with Crippen molar-refractivity contribution in [3.8, 4) is 0 Å². The Morgan fingerprint density at radius 3 is 2.62 bits per heavy atom. The summed E-state index contributed by atoms with van der Waals surface area (Å²) in [4.78, 5) is 13.0. The van der Waals surface area contributed by atoms with Crippen molar-refractivity contribution in [3.05, 3.63) is 24.3 Å². The molecule has 24 heavy (non-hydrogen) atoms. The Labute approximate surface area is 144 Å². The largest absolute Gasteiger partial charge is 0.411 e. The van der Waals surface area contributed by atoms with Crippen LogP contribution in [0.1, 0.15) is 33.6 Å². The standard InChI is InChI=1S/C17H22ClF3O3/c1-5-6-7-15-11(4)8-12(24-15)17(10(2)3,14(22)13(15)18)23-9-16(19,20)21/h5,8,10,12-13H,1,6-7,9H2,2-4H3. The normalized spacial score (nSPS) is 36.2. The molecular weight excluding hydrogens is 345 g/mol. The molecule has 0 aliphatic carbocycles. The summed E-state index contributed by atoms with van der Waals surface area (Å²) >= 11 is 6.41. The maximum Gasteiger partial charge on any atom is 0.411 e. The summed E-state index contributed by atoms with van der Waals surface area (Å²) in [5.41, 5.74) is -1.99. The van der Waals surface area contributed by atoms with Gasteiger partial charge in [-0.05, 0) is 31.3 Å². The fraction of sp³-hybridized carbons (Fsp3) is 0.706. The van der Waals surface area contributed by atoms with Crippen LogP contribution >= 0.6 is 11.6 Å². The van der Waals surface area contributed by atoms with Gasteiger partial charge >= 0.3 is 6.18 Å². The lowest BCUT2D eigenvalue weighted by Crippen LogP contribution is -2.67. The molecule has 0 aromatic heterocycles. The van der Waals surface area contributed by atoms with Gasteiger partial charge in [0.15, 0.2) is 11.4 Å². The van der Waals surface area contributed by atoms with Crippen molar-refractivity contribution < 1.29 is 27.4 Å². The molecule has 0 aromatic carbocycles. The van der Waals surface area contributed by atoms with Crippen molar-refractivity contribution in [2.75, 3.05) is 6.61 Å². The number of halogens is 4. The fourth-order valence-corrected chi connectivity index (χ4v) is 4.08. The van der Waals surface area contributed by atoms with Crippen LogP contribution in [0, 0.1) is 5.92 Å². The van der Waals surface area contributed by atoms with E-state index in [-0.39, 0.29) is 0 Å². The molecule has 2 rings (SSSR count). The molecule has 0 radical (unpaired) electrons. The zero-order valence-electron chi connectivity index (χ0n) is 14.0. The zero-order chi connectivity index (χ0) is 18.3. The van der Waals surface area contributed by atoms with Crippen LogP contribution in [0.25, 0.3) is 0 Å². The van der Waals surface area contributed by atoms with Gasteiger partial charge in [-0.3, -0.25) is 4.79 Å². The van der Waals surface area contributed by atoms with Crippen molar-refractivity contribution in [1.82, 2.24) is 0 Å². The summed E-state index contributed by atoms with van der Waals surface area (Å²) in [7, 11) is 0. The van der Waals surface area contributed by atoms with Crippen LogP contribution in [0.2, 0.25) is 0 Å². The van der Waals surface area contributed by atoms with Gasteiger partial charge in [-0.2, -0.15) is 13.2 Å². The Kier molecular flexibility index (Phi) is 5.25. The van der Waals surface area contributed by atoms with E-state index in [1.165, 1.54) is 0 Å². The number of ether oxygens (including phenoxy) is 2. The molecule has 0 N–H and O–H groups in total. The average Bonchev–Trinajstić information content (AvgIpc) is 2.78. The predicted octanol–water partition coefficient (Wildman–Crippen LogP) is 4.20. The molecule has 0 amide bonds. The molecule has 1 fully saturated rings. The van der Waals surface area contributed by atoms with Gasteiger partial charge in [0, 0.05) is 0 Å². The summed E-state index contributed by atoms with van der Waals surface area (Å²) in [5.74, 6) is -1.07. The van der Waals surface area contributed by atoms with E-state index in [1.54, 1.807) is 32.9 Å². The molecule has 3 nitrogen and oxygen atoms in total. The summed E-state index contributed by atoms with van der Waals surface area (Å²) in [5, 5.41) is -1.11. The second-order valence-electron chi connectivity index (χ2n) is 6.68. The topological polar surface area (TPSA) is 35.5 Å². The van der Waals surface area contributed by atoms with Gasteiger partial charge in [0.25, 0.3) is 0 Å². The number of Topliss-reactive ketones (excluding diaryl/α,β-unsaturated/α-hetero) is 1. The number of allylic oxidation sites excluding steroid dienone is 1. The number of rotatable bonds is 6. The fourth-order valence-electron chi connectivity index (χ4n) is 3.58. The SMILES string of the molecule is C=CCCC12OC(C=C1C)C(OCC(F)(F)F)(C(C)C)C(=O)C2Cl. The van der Waals surface area contributed by atoms with Crippen LogP contribution in [-0.2, 0) is 14.3 Å². The molecule has 2 heterocycles. The van der Waals surface area contributed by atoms with Gasteiger partial charge in [0.05, 0.1) is 0 Å².